The fourth-order valence-electron chi connectivity index (χ4n) is 8.32. The van der Waals surface area contributed by atoms with E-state index >= 15 is 0 Å². The lowest BCUT2D eigenvalue weighted by Crippen LogP contribution is -2.33. The second-order valence-corrected chi connectivity index (χ2v) is 18.2. The smallest absolute Gasteiger partial charge is 0.0942 e. The van der Waals surface area contributed by atoms with Crippen molar-refractivity contribution in [3.8, 4) is 35.5 Å². The first kappa shape index (κ1) is 49.9. The van der Waals surface area contributed by atoms with Gasteiger partial charge < -0.3 is 15.3 Å². The average Bonchev–Trinajstić information content (AvgIpc) is 3.38. The van der Waals surface area contributed by atoms with Crippen LogP contribution >= 0.6 is 0 Å². The molecule has 0 saturated carbocycles. The van der Waals surface area contributed by atoms with E-state index in [1.807, 2.05) is 188 Å². The zero-order valence-electron chi connectivity index (χ0n) is 40.6. The largest absolute Gasteiger partial charge is 0.387 e. The highest BCUT2D eigenvalue weighted by Crippen LogP contribution is 2.24. The van der Waals surface area contributed by atoms with Crippen molar-refractivity contribution in [3.05, 3.63) is 249 Å². The summed E-state index contributed by atoms with van der Waals surface area (Å²) >= 11 is 0. The summed E-state index contributed by atoms with van der Waals surface area (Å²) in [6.07, 6.45) is -1.82. The van der Waals surface area contributed by atoms with Crippen molar-refractivity contribution in [2.24, 2.45) is 0 Å². The van der Waals surface area contributed by atoms with E-state index in [9.17, 15) is 15.3 Å². The van der Waals surface area contributed by atoms with Crippen LogP contribution < -0.4 is 0 Å². The molecule has 0 bridgehead atoms. The normalized spacial score (nSPS) is 13.7. The minimum Gasteiger partial charge on any atom is -0.387 e. The molecular formula is C63H63N3O3. The molecule has 0 aliphatic heterocycles. The zero-order chi connectivity index (χ0) is 48.7. The van der Waals surface area contributed by atoms with Crippen molar-refractivity contribution >= 4 is 0 Å². The number of hydrogen-bond acceptors (Lipinski definition) is 6. The Morgan fingerprint density at radius 3 is 0.826 bits per heavy atom. The van der Waals surface area contributed by atoms with E-state index in [1.165, 1.54) is 0 Å². The molecule has 6 heteroatoms. The van der Waals surface area contributed by atoms with Gasteiger partial charge >= 0.3 is 0 Å². The molecule has 0 saturated heterocycles. The van der Waals surface area contributed by atoms with Gasteiger partial charge in [-0.25, -0.2) is 0 Å². The van der Waals surface area contributed by atoms with Gasteiger partial charge in [0.2, 0.25) is 0 Å². The summed E-state index contributed by atoms with van der Waals surface area (Å²) in [5, 5.41) is 33.2. The Labute approximate surface area is 410 Å². The van der Waals surface area contributed by atoms with Crippen LogP contribution in [0.4, 0.5) is 0 Å². The highest BCUT2D eigenvalue weighted by Gasteiger charge is 2.23. The summed E-state index contributed by atoms with van der Waals surface area (Å²) < 4.78 is 0. The Bertz CT molecular complexity index is 2620. The molecule has 0 fully saturated rings. The maximum Gasteiger partial charge on any atom is 0.0942 e. The molecule has 7 aromatic carbocycles. The van der Waals surface area contributed by atoms with Crippen molar-refractivity contribution in [2.75, 3.05) is 21.1 Å². The maximum absolute atomic E-state index is 11.1. The molecule has 0 aromatic heterocycles. The van der Waals surface area contributed by atoms with Crippen LogP contribution in [0.5, 0.6) is 0 Å². The molecule has 0 aliphatic carbocycles. The number of benzene rings is 7. The first-order valence-electron chi connectivity index (χ1n) is 23.7. The van der Waals surface area contributed by atoms with Crippen LogP contribution in [0.25, 0.3) is 0 Å². The summed E-state index contributed by atoms with van der Waals surface area (Å²) in [6, 6.07) is 59.9. The SMILES string of the molecule is C[C@@H]([C@H](O)c1ccccc1)N(C)Cc1cccc(C#Cc2cc(C#Cc3cccc(CN(C)[C@@H](C)[C@H](O)c4ccccc4)c3)cc(C#Cc3cccc(CN(C)[C@@H](C)[C@H](O)c4ccccc4)c3)c2)c1. The molecule has 7 rings (SSSR count). The van der Waals surface area contributed by atoms with Gasteiger partial charge in [0, 0.05) is 71.1 Å². The lowest BCUT2D eigenvalue weighted by atomic mass is 10.0. The Morgan fingerprint density at radius 1 is 0.319 bits per heavy atom. The zero-order valence-corrected chi connectivity index (χ0v) is 40.6. The fraction of sp³-hybridized carbons (Fsp3) is 0.238. The van der Waals surface area contributed by atoms with Crippen molar-refractivity contribution in [3.63, 3.8) is 0 Å². The second kappa shape index (κ2) is 24.3. The van der Waals surface area contributed by atoms with E-state index in [-0.39, 0.29) is 18.1 Å². The van der Waals surface area contributed by atoms with Crippen molar-refractivity contribution < 1.29 is 15.3 Å². The van der Waals surface area contributed by atoms with E-state index in [2.05, 4.69) is 86.6 Å². The first-order chi connectivity index (χ1) is 33.4. The minimum atomic E-state index is -0.605. The Morgan fingerprint density at radius 2 is 0.565 bits per heavy atom. The lowest BCUT2D eigenvalue weighted by molar-refractivity contribution is 0.0687. The van der Waals surface area contributed by atoms with Gasteiger partial charge in [0.15, 0.2) is 0 Å². The molecule has 0 unspecified atom stereocenters. The van der Waals surface area contributed by atoms with Gasteiger partial charge in [0.05, 0.1) is 18.3 Å². The van der Waals surface area contributed by atoms with Crippen molar-refractivity contribution in [1.29, 1.82) is 0 Å². The van der Waals surface area contributed by atoms with Crippen LogP contribution in [0, 0.1) is 35.5 Å². The number of aliphatic hydroxyl groups is 3. The summed E-state index contributed by atoms with van der Waals surface area (Å²) in [5.41, 5.74) is 11.1. The van der Waals surface area contributed by atoms with Gasteiger partial charge in [-0.15, -0.1) is 0 Å². The Hall–Kier alpha value is -7.02. The molecule has 3 N–H and O–H groups in total. The molecule has 0 aliphatic rings. The summed E-state index contributed by atoms with van der Waals surface area (Å²) in [4.78, 5) is 6.48. The Kier molecular flexibility index (Phi) is 17.6. The highest BCUT2D eigenvalue weighted by atomic mass is 16.3. The van der Waals surface area contributed by atoms with Gasteiger partial charge in [-0.3, -0.25) is 14.7 Å². The number of hydrogen-bond donors (Lipinski definition) is 3. The highest BCUT2D eigenvalue weighted by molar-refractivity contribution is 5.56. The molecule has 0 spiro atoms. The third-order valence-corrected chi connectivity index (χ3v) is 12.9. The molecule has 0 heterocycles. The number of aliphatic hydroxyl groups excluding tert-OH is 3. The number of rotatable bonds is 15. The summed E-state index contributed by atoms with van der Waals surface area (Å²) in [7, 11) is 6.10. The van der Waals surface area contributed by atoms with Crippen molar-refractivity contribution in [1.82, 2.24) is 14.7 Å². The molecule has 348 valence electrons. The molecule has 69 heavy (non-hydrogen) atoms. The van der Waals surface area contributed by atoms with Gasteiger partial charge in [0.25, 0.3) is 0 Å². The maximum atomic E-state index is 11.1. The summed E-state index contributed by atoms with van der Waals surface area (Å²) in [5.74, 6) is 20.4. The van der Waals surface area contributed by atoms with E-state index < -0.39 is 18.3 Å². The lowest BCUT2D eigenvalue weighted by Gasteiger charge is -2.29. The number of likely N-dealkylation sites (N-methyl/N-ethyl adjacent to an activating group) is 3. The van der Waals surface area contributed by atoms with Gasteiger partial charge in [-0.05, 0) is 130 Å². The van der Waals surface area contributed by atoms with E-state index in [0.29, 0.717) is 19.6 Å². The van der Waals surface area contributed by atoms with Gasteiger partial charge in [0.1, 0.15) is 0 Å². The topological polar surface area (TPSA) is 70.4 Å². The minimum absolute atomic E-state index is 0.0940. The molecule has 6 nitrogen and oxygen atoms in total. The molecular weight excluding hydrogens is 847 g/mol. The predicted molar refractivity (Wildman–Crippen MR) is 281 cm³/mol. The van der Waals surface area contributed by atoms with Crippen LogP contribution in [0.2, 0.25) is 0 Å². The van der Waals surface area contributed by atoms with Gasteiger partial charge in [-0.1, -0.05) is 163 Å². The van der Waals surface area contributed by atoms with Crippen LogP contribution in [0.3, 0.4) is 0 Å². The number of nitrogens with zero attached hydrogens (tertiary/aromatic N) is 3. The third-order valence-electron chi connectivity index (χ3n) is 12.9. The van der Waals surface area contributed by atoms with Crippen LogP contribution in [0.1, 0.15) is 106 Å². The molecule has 0 amide bonds. The van der Waals surface area contributed by atoms with Gasteiger partial charge in [-0.2, -0.15) is 0 Å². The third kappa shape index (κ3) is 14.3. The average molecular weight is 910 g/mol. The van der Waals surface area contributed by atoms with E-state index in [1.54, 1.807) is 0 Å². The first-order valence-corrected chi connectivity index (χ1v) is 23.7. The second-order valence-electron chi connectivity index (χ2n) is 18.2. The molecule has 7 aromatic rings. The monoisotopic (exact) mass is 909 g/mol. The quantitative estimate of drug-likeness (QED) is 0.0891. The summed E-state index contributed by atoms with van der Waals surface area (Å²) in [6.45, 7) is 8.11. The molecule has 0 radical (unpaired) electrons. The van der Waals surface area contributed by atoms with Crippen molar-refractivity contribution in [2.45, 2.75) is 76.8 Å². The predicted octanol–water partition coefficient (Wildman–Crippen LogP) is 10.5. The standard InChI is InChI=1S/C63H63N3O3/c1-46(61(67)58-25-10-7-11-26-58)64(4)43-55-22-16-19-49(37-55)31-34-52-40-53(35-32-50-20-17-23-56(38-50)44-65(5)47(2)62(68)59-27-12-8-13-28-59)42-54(41-52)36-33-51-21-18-24-57(39-51)45-66(6)48(3)63(69)60-29-14-9-15-30-60/h7-30,37-42,46-48,61-63,67-69H,43-45H2,1-6H3/t46-,47-,48-,61-,62-,63-/m0/s1. The van der Waals surface area contributed by atoms with Crippen LogP contribution in [-0.4, -0.2) is 69.3 Å². The van der Waals surface area contributed by atoms with Crippen LogP contribution in [-0.2, 0) is 19.6 Å². The van der Waals surface area contributed by atoms with Crippen LogP contribution in [0.15, 0.2) is 182 Å². The molecule has 6 atom stereocenters. The fourth-order valence-corrected chi connectivity index (χ4v) is 8.32. The Balaban J connectivity index is 1.12. The van der Waals surface area contributed by atoms with E-state index in [4.69, 9.17) is 0 Å². The van der Waals surface area contributed by atoms with E-state index in [0.717, 1.165) is 66.8 Å².